The van der Waals surface area contributed by atoms with Gasteiger partial charge in [0, 0.05) is 11.1 Å². The molecule has 1 aliphatic heterocycles. The number of nitriles is 1. The molecule has 0 aromatic heterocycles. The molecule has 2 aromatic rings. The van der Waals surface area contributed by atoms with Crippen molar-refractivity contribution in [3.05, 3.63) is 63.1 Å². The van der Waals surface area contributed by atoms with Crippen LogP contribution in [0, 0.1) is 11.3 Å². The predicted octanol–water partition coefficient (Wildman–Crippen LogP) is 3.95. The first kappa shape index (κ1) is 13.4. The van der Waals surface area contributed by atoms with Gasteiger partial charge in [0.05, 0.1) is 9.50 Å². The van der Waals surface area contributed by atoms with Gasteiger partial charge in [0.1, 0.15) is 17.9 Å². The van der Waals surface area contributed by atoms with E-state index in [0.717, 1.165) is 0 Å². The smallest absolute Gasteiger partial charge is 0.249 e. The van der Waals surface area contributed by atoms with Crippen molar-refractivity contribution in [1.29, 1.82) is 5.26 Å². The highest BCUT2D eigenvalue weighted by Crippen LogP contribution is 2.52. The third-order valence-corrected chi connectivity index (χ3v) is 4.72. The molecular weight excluding hydrogens is 342 g/mol. The number of nitrogens with zero attached hydrogens (tertiary/aromatic N) is 1. The Morgan fingerprint density at radius 2 is 1.95 bits per heavy atom. The average molecular weight is 351 g/mol. The molecule has 0 aliphatic carbocycles. The van der Waals surface area contributed by atoms with Crippen LogP contribution in [0.25, 0.3) is 0 Å². The summed E-state index contributed by atoms with van der Waals surface area (Å²) in [6.45, 7) is 0. The summed E-state index contributed by atoms with van der Waals surface area (Å²) in [5.41, 5.74) is -0.294. The number of hydrogen-bond acceptors (Lipinski definition) is 3. The molecule has 2 aromatic carbocycles. The van der Waals surface area contributed by atoms with E-state index in [1.54, 1.807) is 36.4 Å². The van der Waals surface area contributed by atoms with Crippen molar-refractivity contribution >= 4 is 27.5 Å². The third-order valence-electron chi connectivity index (χ3n) is 3.39. The van der Waals surface area contributed by atoms with Crippen LogP contribution in [0.3, 0.4) is 0 Å². The molecule has 2 atom stereocenters. The minimum Gasteiger partial charge on any atom is -0.463 e. The summed E-state index contributed by atoms with van der Waals surface area (Å²) < 4.78 is 6.36. The van der Waals surface area contributed by atoms with Gasteiger partial charge in [-0.05, 0) is 22.0 Å². The van der Waals surface area contributed by atoms with E-state index >= 15 is 0 Å². The molecule has 3 rings (SSSR count). The van der Waals surface area contributed by atoms with Gasteiger partial charge in [-0.25, -0.2) is 0 Å². The Balaban J connectivity index is 2.19. The molecule has 5 heteroatoms. The van der Waals surface area contributed by atoms with Gasteiger partial charge in [-0.1, -0.05) is 48.0 Å². The quantitative estimate of drug-likeness (QED) is 0.847. The van der Waals surface area contributed by atoms with E-state index in [9.17, 15) is 10.4 Å². The van der Waals surface area contributed by atoms with Crippen molar-refractivity contribution in [3.8, 4) is 11.8 Å². The zero-order valence-corrected chi connectivity index (χ0v) is 12.5. The minimum atomic E-state index is -1.45. The fraction of sp³-hybridized carbons (Fsp3) is 0.133. The molecule has 0 saturated carbocycles. The van der Waals surface area contributed by atoms with Crippen LogP contribution in [0.2, 0.25) is 5.02 Å². The molecule has 0 bridgehead atoms. The van der Waals surface area contributed by atoms with Crippen LogP contribution in [-0.4, -0.2) is 5.11 Å². The number of ether oxygens (including phenoxy) is 1. The molecule has 20 heavy (non-hydrogen) atoms. The zero-order valence-electron chi connectivity index (χ0n) is 10.2. The number of rotatable bonds is 1. The molecule has 1 heterocycles. The number of hydrogen-bond donors (Lipinski definition) is 1. The fourth-order valence-electron chi connectivity index (χ4n) is 2.35. The van der Waals surface area contributed by atoms with Crippen LogP contribution in [-0.2, 0) is 5.60 Å². The van der Waals surface area contributed by atoms with Crippen molar-refractivity contribution in [3.63, 3.8) is 0 Å². The lowest BCUT2D eigenvalue weighted by molar-refractivity contribution is 0.0113. The monoisotopic (exact) mass is 349 g/mol. The predicted molar refractivity (Wildman–Crippen MR) is 78.5 cm³/mol. The van der Waals surface area contributed by atoms with E-state index in [2.05, 4.69) is 22.0 Å². The summed E-state index contributed by atoms with van der Waals surface area (Å²) in [7, 11) is 0. The third kappa shape index (κ3) is 1.75. The van der Waals surface area contributed by atoms with E-state index in [1.165, 1.54) is 0 Å². The van der Waals surface area contributed by atoms with Gasteiger partial charge in [-0.15, -0.1) is 0 Å². The lowest BCUT2D eigenvalue weighted by Crippen LogP contribution is -2.33. The summed E-state index contributed by atoms with van der Waals surface area (Å²) in [5, 5.41) is 20.6. The highest BCUT2D eigenvalue weighted by molar-refractivity contribution is 9.10. The SMILES string of the molecule is N#CC1(c2ccccc2)Oc2c(ccc(Cl)c2Br)C1O. The van der Waals surface area contributed by atoms with Crippen LogP contribution in [0.1, 0.15) is 17.2 Å². The lowest BCUT2D eigenvalue weighted by atomic mass is 9.88. The van der Waals surface area contributed by atoms with Crippen molar-refractivity contribution in [1.82, 2.24) is 0 Å². The second-order valence-electron chi connectivity index (χ2n) is 4.50. The number of halogens is 2. The topological polar surface area (TPSA) is 53.2 Å². The van der Waals surface area contributed by atoms with Gasteiger partial charge >= 0.3 is 0 Å². The number of fused-ring (bicyclic) bond motifs is 1. The second kappa shape index (κ2) is 4.78. The second-order valence-corrected chi connectivity index (χ2v) is 5.70. The number of benzene rings is 2. The van der Waals surface area contributed by atoms with E-state index in [4.69, 9.17) is 16.3 Å². The first-order valence-corrected chi connectivity index (χ1v) is 7.09. The van der Waals surface area contributed by atoms with Crippen LogP contribution in [0.5, 0.6) is 5.75 Å². The van der Waals surface area contributed by atoms with Gasteiger partial charge in [-0.2, -0.15) is 5.26 Å². The van der Waals surface area contributed by atoms with Crippen molar-refractivity contribution in [2.24, 2.45) is 0 Å². The van der Waals surface area contributed by atoms with Crippen LogP contribution in [0.15, 0.2) is 46.9 Å². The Hall–Kier alpha value is -1.54. The van der Waals surface area contributed by atoms with Crippen molar-refractivity contribution in [2.45, 2.75) is 11.7 Å². The molecule has 2 unspecified atom stereocenters. The maximum Gasteiger partial charge on any atom is 0.249 e. The Morgan fingerprint density at radius 1 is 1.25 bits per heavy atom. The van der Waals surface area contributed by atoms with E-state index in [-0.39, 0.29) is 0 Å². The van der Waals surface area contributed by atoms with E-state index < -0.39 is 11.7 Å². The molecule has 0 spiro atoms. The molecule has 0 radical (unpaired) electrons. The molecule has 3 nitrogen and oxygen atoms in total. The highest BCUT2D eigenvalue weighted by Gasteiger charge is 2.51. The Kier molecular flexibility index (Phi) is 3.21. The molecule has 100 valence electrons. The molecule has 1 aliphatic rings. The van der Waals surface area contributed by atoms with Gasteiger partial charge in [0.25, 0.3) is 0 Å². The van der Waals surface area contributed by atoms with Crippen molar-refractivity contribution < 1.29 is 9.84 Å². The lowest BCUT2D eigenvalue weighted by Gasteiger charge is -2.24. The summed E-state index contributed by atoms with van der Waals surface area (Å²) in [5.74, 6) is 0.412. The molecule has 1 N–H and O–H groups in total. The van der Waals surface area contributed by atoms with Crippen LogP contribution < -0.4 is 4.74 Å². The summed E-state index contributed by atoms with van der Waals surface area (Å²) in [6.07, 6.45) is -1.07. The minimum absolute atomic E-state index is 0.412. The zero-order chi connectivity index (χ0) is 14.3. The van der Waals surface area contributed by atoms with Gasteiger partial charge in [0.15, 0.2) is 0 Å². The Morgan fingerprint density at radius 3 is 2.60 bits per heavy atom. The first-order chi connectivity index (χ1) is 9.60. The normalized spacial score (nSPS) is 23.8. The molecule has 0 fully saturated rings. The van der Waals surface area contributed by atoms with Crippen LogP contribution >= 0.6 is 27.5 Å². The Labute approximate surface area is 129 Å². The summed E-state index contributed by atoms with van der Waals surface area (Å²) >= 11 is 9.37. The number of aliphatic hydroxyl groups excluding tert-OH is 1. The summed E-state index contributed by atoms with van der Waals surface area (Å²) in [4.78, 5) is 0. The molecular formula is C15H9BrClNO2. The van der Waals surface area contributed by atoms with Gasteiger partial charge in [-0.3, -0.25) is 0 Å². The average Bonchev–Trinajstić information content (AvgIpc) is 2.78. The molecule has 0 amide bonds. The maximum absolute atomic E-state index is 10.5. The molecule has 0 saturated heterocycles. The standard InChI is InChI=1S/C15H9BrClNO2/c16-12-11(17)7-6-10-13(12)20-15(8-18,14(10)19)9-4-2-1-3-5-9/h1-7,14,19H. The highest BCUT2D eigenvalue weighted by atomic mass is 79.9. The van der Waals surface area contributed by atoms with Gasteiger partial charge in [0.2, 0.25) is 5.60 Å². The number of aliphatic hydroxyl groups is 1. The maximum atomic E-state index is 10.5. The summed E-state index contributed by atoms with van der Waals surface area (Å²) in [6, 6.07) is 14.4. The van der Waals surface area contributed by atoms with Gasteiger partial charge < -0.3 is 9.84 Å². The largest absolute Gasteiger partial charge is 0.463 e. The fourth-order valence-corrected chi connectivity index (χ4v) is 2.94. The van der Waals surface area contributed by atoms with Crippen LogP contribution in [0.4, 0.5) is 0 Å². The van der Waals surface area contributed by atoms with Crippen molar-refractivity contribution in [2.75, 3.05) is 0 Å². The van der Waals surface area contributed by atoms with E-state index in [0.29, 0.717) is 26.4 Å². The van der Waals surface area contributed by atoms with E-state index in [1.807, 2.05) is 6.07 Å². The Bertz CT molecular complexity index is 714. The first-order valence-electron chi connectivity index (χ1n) is 5.92.